The number of amides is 1. The minimum absolute atomic E-state index is 0.164. The number of benzene rings is 1. The molecule has 0 bridgehead atoms. The zero-order valence-corrected chi connectivity index (χ0v) is 12.0. The number of hydrogen-bond donors (Lipinski definition) is 1. The van der Waals surface area contributed by atoms with Crippen LogP contribution in [0.5, 0.6) is 0 Å². The molecular formula is C16H19NO4. The van der Waals surface area contributed by atoms with E-state index in [0.29, 0.717) is 12.8 Å². The van der Waals surface area contributed by atoms with Gasteiger partial charge in [0, 0.05) is 12.8 Å². The molecule has 2 rings (SSSR count). The number of hydrogen-bond acceptors (Lipinski definition) is 4. The van der Waals surface area contributed by atoms with Crippen molar-refractivity contribution in [3.8, 4) is 0 Å². The van der Waals surface area contributed by atoms with E-state index in [2.05, 4.69) is 5.32 Å². The maximum Gasteiger partial charge on any atom is 0.407 e. The Morgan fingerprint density at radius 2 is 2.00 bits per heavy atom. The van der Waals surface area contributed by atoms with Crippen LogP contribution in [0.2, 0.25) is 0 Å². The van der Waals surface area contributed by atoms with Gasteiger partial charge < -0.3 is 14.8 Å². The van der Waals surface area contributed by atoms with Crippen LogP contribution in [0.25, 0.3) is 0 Å². The highest BCUT2D eigenvalue weighted by atomic mass is 16.6. The van der Waals surface area contributed by atoms with E-state index >= 15 is 0 Å². The fourth-order valence-corrected chi connectivity index (χ4v) is 2.03. The second kappa shape index (κ2) is 7.47. The van der Waals surface area contributed by atoms with Crippen molar-refractivity contribution in [1.29, 1.82) is 0 Å². The van der Waals surface area contributed by atoms with Gasteiger partial charge in [-0.15, -0.1) is 0 Å². The highest BCUT2D eigenvalue weighted by Gasteiger charge is 2.23. The first-order valence-corrected chi connectivity index (χ1v) is 7.02. The first kappa shape index (κ1) is 15.1. The van der Waals surface area contributed by atoms with E-state index in [-0.39, 0.29) is 24.7 Å². The molecule has 1 amide bonds. The quantitative estimate of drug-likeness (QED) is 0.668. The van der Waals surface area contributed by atoms with Crippen LogP contribution in [-0.4, -0.2) is 24.2 Å². The Hall–Kier alpha value is -2.30. The molecule has 1 aromatic carbocycles. The number of alkyl carbamates (subject to hydrolysis) is 1. The summed E-state index contributed by atoms with van der Waals surface area (Å²) in [4.78, 5) is 22.9. The number of ether oxygens (including phenoxy) is 2. The third-order valence-corrected chi connectivity index (χ3v) is 3.13. The molecule has 0 fully saturated rings. The summed E-state index contributed by atoms with van der Waals surface area (Å²) in [5, 5.41) is 2.73. The van der Waals surface area contributed by atoms with E-state index in [1.165, 1.54) is 0 Å². The number of nitrogens with one attached hydrogen (secondary N) is 1. The Morgan fingerprint density at radius 3 is 2.71 bits per heavy atom. The lowest BCUT2D eigenvalue weighted by Gasteiger charge is -2.14. The number of esters is 1. The van der Waals surface area contributed by atoms with E-state index in [1.807, 2.05) is 36.4 Å². The highest BCUT2D eigenvalue weighted by molar-refractivity contribution is 5.70. The van der Waals surface area contributed by atoms with E-state index in [0.717, 1.165) is 5.56 Å². The zero-order valence-electron chi connectivity index (χ0n) is 12.0. The monoisotopic (exact) mass is 289 g/mol. The van der Waals surface area contributed by atoms with Crippen molar-refractivity contribution in [1.82, 2.24) is 5.32 Å². The lowest BCUT2D eigenvalue weighted by molar-refractivity contribution is -0.146. The van der Waals surface area contributed by atoms with Crippen LogP contribution in [0.15, 0.2) is 42.5 Å². The van der Waals surface area contributed by atoms with Crippen LogP contribution in [0.3, 0.4) is 0 Å². The van der Waals surface area contributed by atoms with Crippen LogP contribution in [-0.2, 0) is 20.9 Å². The van der Waals surface area contributed by atoms with Gasteiger partial charge in [0.2, 0.25) is 0 Å². The van der Waals surface area contributed by atoms with Crippen molar-refractivity contribution in [2.24, 2.45) is 0 Å². The molecule has 0 saturated heterocycles. The average Bonchev–Trinajstić information content (AvgIpc) is 2.93. The summed E-state index contributed by atoms with van der Waals surface area (Å²) in [7, 11) is 0. The van der Waals surface area contributed by atoms with Crippen molar-refractivity contribution in [3.05, 3.63) is 48.0 Å². The minimum atomic E-state index is -0.476. The molecule has 0 saturated carbocycles. The normalized spacial score (nSPS) is 20.0. The smallest absolute Gasteiger partial charge is 0.407 e. The summed E-state index contributed by atoms with van der Waals surface area (Å²) in [6.07, 6.45) is 3.76. The topological polar surface area (TPSA) is 64.6 Å². The summed E-state index contributed by atoms with van der Waals surface area (Å²) in [6, 6.07) is 9.31. The molecule has 5 heteroatoms. The molecule has 2 atom stereocenters. The third kappa shape index (κ3) is 4.95. The van der Waals surface area contributed by atoms with Crippen LogP contribution in [0, 0.1) is 0 Å². The van der Waals surface area contributed by atoms with Crippen molar-refractivity contribution in [2.75, 3.05) is 0 Å². The van der Waals surface area contributed by atoms with Gasteiger partial charge in [0.25, 0.3) is 0 Å². The third-order valence-electron chi connectivity index (χ3n) is 3.13. The molecule has 0 unspecified atom stereocenters. The van der Waals surface area contributed by atoms with Crippen molar-refractivity contribution >= 4 is 12.1 Å². The van der Waals surface area contributed by atoms with E-state index < -0.39 is 6.09 Å². The molecule has 0 heterocycles. The highest BCUT2D eigenvalue weighted by Crippen LogP contribution is 2.15. The summed E-state index contributed by atoms with van der Waals surface area (Å²) < 4.78 is 10.3. The van der Waals surface area contributed by atoms with Crippen LogP contribution in [0.4, 0.5) is 4.79 Å². The number of carbonyl (C=O) groups excluding carboxylic acids is 2. The summed E-state index contributed by atoms with van der Waals surface area (Å²) >= 11 is 0. The van der Waals surface area contributed by atoms with E-state index in [4.69, 9.17) is 9.47 Å². The van der Waals surface area contributed by atoms with E-state index in [1.54, 1.807) is 13.0 Å². The predicted molar refractivity (Wildman–Crippen MR) is 77.5 cm³/mol. The largest absolute Gasteiger partial charge is 0.458 e. The second-order valence-corrected chi connectivity index (χ2v) is 4.82. The molecule has 5 nitrogen and oxygen atoms in total. The summed E-state index contributed by atoms with van der Waals surface area (Å²) in [5.74, 6) is -0.239. The van der Waals surface area contributed by atoms with Crippen molar-refractivity contribution in [3.63, 3.8) is 0 Å². The lowest BCUT2D eigenvalue weighted by Crippen LogP contribution is -2.34. The Balaban J connectivity index is 1.70. The SMILES string of the molecule is CCC(=O)O[C@@H]1C=C[C@H](NC(=O)OCc2ccccc2)C1. The fourth-order valence-electron chi connectivity index (χ4n) is 2.03. The van der Waals surface area contributed by atoms with Gasteiger partial charge in [0.05, 0.1) is 6.04 Å². The molecule has 1 aliphatic rings. The van der Waals surface area contributed by atoms with Crippen molar-refractivity contribution in [2.45, 2.75) is 38.5 Å². The molecule has 1 N–H and O–H groups in total. The van der Waals surface area contributed by atoms with E-state index in [9.17, 15) is 9.59 Å². The van der Waals surface area contributed by atoms with Crippen LogP contribution < -0.4 is 5.32 Å². The fraction of sp³-hybridized carbons (Fsp3) is 0.375. The first-order valence-electron chi connectivity index (χ1n) is 7.02. The summed E-state index contributed by atoms with van der Waals surface area (Å²) in [5.41, 5.74) is 0.935. The second-order valence-electron chi connectivity index (χ2n) is 4.82. The average molecular weight is 289 g/mol. The first-order chi connectivity index (χ1) is 10.2. The van der Waals surface area contributed by atoms with Gasteiger partial charge in [-0.1, -0.05) is 43.3 Å². The Kier molecular flexibility index (Phi) is 5.37. The van der Waals surface area contributed by atoms with Gasteiger partial charge in [0.15, 0.2) is 0 Å². The van der Waals surface area contributed by atoms with Gasteiger partial charge in [-0.05, 0) is 11.6 Å². The van der Waals surface area contributed by atoms with Gasteiger partial charge in [0.1, 0.15) is 12.7 Å². The molecule has 21 heavy (non-hydrogen) atoms. The Morgan fingerprint density at radius 1 is 1.24 bits per heavy atom. The van der Waals surface area contributed by atoms with Gasteiger partial charge in [-0.25, -0.2) is 4.79 Å². The van der Waals surface area contributed by atoms with Gasteiger partial charge in [-0.2, -0.15) is 0 Å². The van der Waals surface area contributed by atoms with Crippen molar-refractivity contribution < 1.29 is 19.1 Å². The lowest BCUT2D eigenvalue weighted by atomic mass is 10.2. The molecule has 1 aromatic rings. The standard InChI is InChI=1S/C16H19NO4/c1-2-15(18)21-14-9-8-13(10-14)17-16(19)20-11-12-6-4-3-5-7-12/h3-9,13-14H,2,10-11H2,1H3,(H,17,19)/t13-,14+/m0/s1. The van der Waals surface area contributed by atoms with Gasteiger partial charge in [-0.3, -0.25) is 4.79 Å². The molecule has 0 aromatic heterocycles. The van der Waals surface area contributed by atoms with Crippen LogP contribution in [0.1, 0.15) is 25.3 Å². The minimum Gasteiger partial charge on any atom is -0.458 e. The number of carbonyl (C=O) groups is 2. The molecule has 0 aliphatic heterocycles. The summed E-state index contributed by atoms with van der Waals surface area (Å²) in [6.45, 7) is 1.98. The maximum atomic E-state index is 11.7. The van der Waals surface area contributed by atoms with Crippen LogP contribution >= 0.6 is 0 Å². The molecule has 1 aliphatic carbocycles. The Bertz CT molecular complexity index is 512. The molecule has 0 spiro atoms. The number of rotatable bonds is 5. The predicted octanol–water partition coefficient (Wildman–Crippen LogP) is 2.56. The van der Waals surface area contributed by atoms with Gasteiger partial charge >= 0.3 is 12.1 Å². The maximum absolute atomic E-state index is 11.7. The molecular weight excluding hydrogens is 270 g/mol. The zero-order chi connectivity index (χ0) is 15.1. The Labute approximate surface area is 123 Å². The molecule has 112 valence electrons. The molecule has 0 radical (unpaired) electrons.